The van der Waals surface area contributed by atoms with Crippen LogP contribution in [-0.2, 0) is 27.8 Å². The number of hydrogen-bond acceptors (Lipinski definition) is 5. The molecule has 1 fully saturated rings. The molecule has 5 rings (SSSR count). The standard InChI is InChI=1S/C26H27N3O2/c1-17-7-9-18(10-8-17)23-28-22-6-3-5-21(22)24(29-23)27-20-13-11-19(12-14-20)26(15-4-16-26)25(30)31-2/h7-14H,3-6,15-16H2,1-2H3,(H,27,28,29). The van der Waals surface area contributed by atoms with Crippen molar-refractivity contribution >= 4 is 17.5 Å². The van der Waals surface area contributed by atoms with E-state index >= 15 is 0 Å². The van der Waals surface area contributed by atoms with E-state index in [1.165, 1.54) is 18.2 Å². The highest BCUT2D eigenvalue weighted by molar-refractivity contribution is 5.84. The lowest BCUT2D eigenvalue weighted by Crippen LogP contribution is -2.43. The molecule has 3 aromatic rings. The smallest absolute Gasteiger partial charge is 0.316 e. The second kappa shape index (κ2) is 7.80. The lowest BCUT2D eigenvalue weighted by molar-refractivity contribution is -0.151. The highest BCUT2D eigenvalue weighted by Gasteiger charge is 2.46. The number of hydrogen-bond donors (Lipinski definition) is 1. The van der Waals surface area contributed by atoms with Crippen LogP contribution in [-0.4, -0.2) is 23.0 Å². The van der Waals surface area contributed by atoms with Crippen LogP contribution in [0.15, 0.2) is 48.5 Å². The van der Waals surface area contributed by atoms with Gasteiger partial charge in [0.05, 0.1) is 12.5 Å². The third kappa shape index (κ3) is 3.48. The Morgan fingerprint density at radius 2 is 1.71 bits per heavy atom. The van der Waals surface area contributed by atoms with Crippen molar-refractivity contribution in [1.29, 1.82) is 0 Å². The van der Waals surface area contributed by atoms with Crippen molar-refractivity contribution in [3.63, 3.8) is 0 Å². The molecule has 0 unspecified atom stereocenters. The van der Waals surface area contributed by atoms with Crippen molar-refractivity contribution < 1.29 is 9.53 Å². The van der Waals surface area contributed by atoms with Gasteiger partial charge in [-0.1, -0.05) is 48.4 Å². The molecule has 0 atom stereocenters. The summed E-state index contributed by atoms with van der Waals surface area (Å²) in [4.78, 5) is 22.1. The van der Waals surface area contributed by atoms with Gasteiger partial charge in [-0.15, -0.1) is 0 Å². The summed E-state index contributed by atoms with van der Waals surface area (Å²) in [5, 5.41) is 3.52. The Morgan fingerprint density at radius 1 is 0.968 bits per heavy atom. The molecule has 0 saturated heterocycles. The summed E-state index contributed by atoms with van der Waals surface area (Å²) >= 11 is 0. The van der Waals surface area contributed by atoms with Gasteiger partial charge in [-0.05, 0) is 56.7 Å². The number of fused-ring (bicyclic) bond motifs is 1. The lowest BCUT2D eigenvalue weighted by Gasteiger charge is -2.39. The summed E-state index contributed by atoms with van der Waals surface area (Å²) < 4.78 is 5.08. The Hall–Kier alpha value is -3.21. The van der Waals surface area contributed by atoms with Crippen LogP contribution in [0.25, 0.3) is 11.4 Å². The Morgan fingerprint density at radius 3 is 2.35 bits per heavy atom. The number of anilines is 2. The van der Waals surface area contributed by atoms with E-state index in [1.807, 2.05) is 24.3 Å². The third-order valence-electron chi connectivity index (χ3n) is 6.73. The molecule has 5 nitrogen and oxygen atoms in total. The van der Waals surface area contributed by atoms with Crippen LogP contribution in [0.3, 0.4) is 0 Å². The number of benzene rings is 2. The zero-order valence-corrected chi connectivity index (χ0v) is 18.1. The van der Waals surface area contributed by atoms with Crippen LogP contribution < -0.4 is 5.32 Å². The number of methoxy groups -OCH3 is 1. The van der Waals surface area contributed by atoms with Crippen LogP contribution in [0, 0.1) is 6.92 Å². The average molecular weight is 414 g/mol. The van der Waals surface area contributed by atoms with Gasteiger partial charge in [0.15, 0.2) is 5.82 Å². The van der Waals surface area contributed by atoms with Crippen LogP contribution >= 0.6 is 0 Å². The monoisotopic (exact) mass is 413 g/mol. The molecule has 31 heavy (non-hydrogen) atoms. The van der Waals surface area contributed by atoms with E-state index in [9.17, 15) is 4.79 Å². The zero-order chi connectivity index (χ0) is 21.4. The molecule has 2 aliphatic rings. The third-order valence-corrected chi connectivity index (χ3v) is 6.73. The predicted octanol–water partition coefficient (Wildman–Crippen LogP) is 5.28. The maximum atomic E-state index is 12.4. The minimum atomic E-state index is -0.470. The Bertz CT molecular complexity index is 1120. The Balaban J connectivity index is 1.45. The molecule has 0 aliphatic heterocycles. The summed E-state index contributed by atoms with van der Waals surface area (Å²) in [7, 11) is 1.47. The fourth-order valence-electron chi connectivity index (χ4n) is 4.71. The van der Waals surface area contributed by atoms with Crippen molar-refractivity contribution in [1.82, 2.24) is 9.97 Å². The molecular formula is C26H27N3O2. The molecule has 2 aliphatic carbocycles. The maximum Gasteiger partial charge on any atom is 0.316 e. The second-order valence-electron chi connectivity index (χ2n) is 8.67. The van der Waals surface area contributed by atoms with E-state index in [1.54, 1.807) is 0 Å². The van der Waals surface area contributed by atoms with Gasteiger partial charge in [0, 0.05) is 22.5 Å². The summed E-state index contributed by atoms with van der Waals surface area (Å²) in [5.41, 5.74) is 6.13. The summed E-state index contributed by atoms with van der Waals surface area (Å²) in [6.45, 7) is 2.08. The first-order valence-corrected chi connectivity index (χ1v) is 11.0. The molecule has 1 saturated carbocycles. The number of carbonyl (C=O) groups is 1. The number of rotatable bonds is 5. The molecule has 1 heterocycles. The van der Waals surface area contributed by atoms with Gasteiger partial charge in [0.1, 0.15) is 5.82 Å². The van der Waals surface area contributed by atoms with Crippen LogP contribution in [0.1, 0.15) is 48.1 Å². The van der Waals surface area contributed by atoms with Crippen LogP contribution in [0.5, 0.6) is 0 Å². The maximum absolute atomic E-state index is 12.4. The van der Waals surface area contributed by atoms with Gasteiger partial charge in [0.2, 0.25) is 0 Å². The van der Waals surface area contributed by atoms with E-state index in [0.29, 0.717) is 0 Å². The van der Waals surface area contributed by atoms with E-state index < -0.39 is 5.41 Å². The number of ether oxygens (including phenoxy) is 1. The van der Waals surface area contributed by atoms with E-state index in [-0.39, 0.29) is 5.97 Å². The fourth-order valence-corrected chi connectivity index (χ4v) is 4.71. The Kier molecular flexibility index (Phi) is 4.97. The molecule has 0 amide bonds. The van der Waals surface area contributed by atoms with Gasteiger partial charge in [-0.3, -0.25) is 4.79 Å². The van der Waals surface area contributed by atoms with Gasteiger partial charge >= 0.3 is 5.97 Å². The highest BCUT2D eigenvalue weighted by atomic mass is 16.5. The van der Waals surface area contributed by atoms with Crippen molar-refractivity contribution in [2.75, 3.05) is 12.4 Å². The largest absolute Gasteiger partial charge is 0.468 e. The quantitative estimate of drug-likeness (QED) is 0.577. The minimum Gasteiger partial charge on any atom is -0.468 e. The summed E-state index contributed by atoms with van der Waals surface area (Å²) in [6, 6.07) is 16.5. The molecule has 0 spiro atoms. The molecule has 2 aromatic carbocycles. The number of nitrogens with one attached hydrogen (secondary N) is 1. The van der Waals surface area contributed by atoms with E-state index in [2.05, 4.69) is 36.5 Å². The topological polar surface area (TPSA) is 64.1 Å². The molecular weight excluding hydrogens is 386 g/mol. The fraction of sp³-hybridized carbons (Fsp3) is 0.346. The number of nitrogens with zero attached hydrogens (tertiary/aromatic N) is 2. The SMILES string of the molecule is COC(=O)C1(c2ccc(Nc3nc(-c4ccc(C)cc4)nc4c3CCC4)cc2)CCC1. The first-order valence-electron chi connectivity index (χ1n) is 11.0. The average Bonchev–Trinajstić information content (AvgIpc) is 3.23. The second-order valence-corrected chi connectivity index (χ2v) is 8.67. The lowest BCUT2D eigenvalue weighted by atomic mass is 9.64. The molecule has 5 heteroatoms. The van der Waals surface area contributed by atoms with Crippen molar-refractivity contribution in [2.45, 2.75) is 50.9 Å². The van der Waals surface area contributed by atoms with Gasteiger partial charge in [-0.25, -0.2) is 9.97 Å². The summed E-state index contributed by atoms with van der Waals surface area (Å²) in [5.74, 6) is 1.52. The number of aromatic nitrogens is 2. The van der Waals surface area contributed by atoms with Gasteiger partial charge in [-0.2, -0.15) is 0 Å². The normalized spacial score (nSPS) is 16.3. The highest BCUT2D eigenvalue weighted by Crippen LogP contribution is 2.45. The predicted molar refractivity (Wildman–Crippen MR) is 121 cm³/mol. The number of carbonyl (C=O) groups excluding carboxylic acids is 1. The van der Waals surface area contributed by atoms with Crippen LogP contribution in [0.4, 0.5) is 11.5 Å². The molecule has 1 N–H and O–H groups in total. The molecule has 1 aromatic heterocycles. The van der Waals surface area contributed by atoms with E-state index in [0.717, 1.165) is 72.7 Å². The number of esters is 1. The van der Waals surface area contributed by atoms with E-state index in [4.69, 9.17) is 14.7 Å². The van der Waals surface area contributed by atoms with Crippen LogP contribution in [0.2, 0.25) is 0 Å². The zero-order valence-electron chi connectivity index (χ0n) is 18.1. The first-order chi connectivity index (χ1) is 15.1. The van der Waals surface area contributed by atoms with Gasteiger partial charge < -0.3 is 10.1 Å². The summed E-state index contributed by atoms with van der Waals surface area (Å²) in [6.07, 6.45) is 5.86. The number of aryl methyl sites for hydroxylation is 2. The van der Waals surface area contributed by atoms with Crippen molar-refractivity contribution in [3.05, 3.63) is 70.9 Å². The van der Waals surface area contributed by atoms with Crippen molar-refractivity contribution in [3.8, 4) is 11.4 Å². The van der Waals surface area contributed by atoms with Gasteiger partial charge in [0.25, 0.3) is 0 Å². The van der Waals surface area contributed by atoms with Crippen molar-refractivity contribution in [2.24, 2.45) is 0 Å². The molecule has 0 radical (unpaired) electrons. The Labute approximate surface area is 182 Å². The first kappa shape index (κ1) is 19.7. The minimum absolute atomic E-state index is 0.129. The molecule has 158 valence electrons. The molecule has 0 bridgehead atoms.